The van der Waals surface area contributed by atoms with Crippen molar-refractivity contribution in [3.63, 3.8) is 0 Å². The number of likely N-dealkylation sites (N-methyl/N-ethyl adjacent to an activating group) is 1. The molecule has 1 atom stereocenters. The second-order valence-electron chi connectivity index (χ2n) is 5.06. The monoisotopic (exact) mass is 237 g/mol. The second kappa shape index (κ2) is 5.44. The van der Waals surface area contributed by atoms with Crippen LogP contribution in [-0.4, -0.2) is 35.6 Å². The van der Waals surface area contributed by atoms with E-state index >= 15 is 0 Å². The first-order valence-corrected chi connectivity index (χ1v) is 5.72. The van der Waals surface area contributed by atoms with Gasteiger partial charge >= 0.3 is 0 Å². The van der Waals surface area contributed by atoms with E-state index in [9.17, 15) is 0 Å². The van der Waals surface area contributed by atoms with Crippen molar-refractivity contribution in [2.45, 2.75) is 31.8 Å². The molecule has 0 aliphatic rings. The SMILES string of the molecule is CN(C)C(C)(C)C(Cc1ccnc(N)c1)NN. The third kappa shape index (κ3) is 3.39. The first-order chi connectivity index (χ1) is 7.87. The number of hydrogen-bond acceptors (Lipinski definition) is 5. The number of pyridine rings is 1. The summed E-state index contributed by atoms with van der Waals surface area (Å²) in [6, 6.07) is 3.99. The van der Waals surface area contributed by atoms with E-state index in [0.29, 0.717) is 5.82 Å². The lowest BCUT2D eigenvalue weighted by atomic mass is 9.89. The molecule has 0 aliphatic heterocycles. The molecule has 5 heteroatoms. The van der Waals surface area contributed by atoms with Crippen LogP contribution in [0, 0.1) is 0 Å². The molecule has 1 aromatic heterocycles. The molecule has 0 saturated heterocycles. The van der Waals surface area contributed by atoms with Gasteiger partial charge in [-0.05, 0) is 52.1 Å². The third-order valence-electron chi connectivity index (χ3n) is 3.49. The Balaban J connectivity index is 2.84. The molecule has 17 heavy (non-hydrogen) atoms. The van der Waals surface area contributed by atoms with E-state index in [-0.39, 0.29) is 11.6 Å². The van der Waals surface area contributed by atoms with E-state index in [1.807, 2.05) is 26.2 Å². The van der Waals surface area contributed by atoms with Gasteiger partial charge in [-0.1, -0.05) is 0 Å². The van der Waals surface area contributed by atoms with Gasteiger partial charge in [0.2, 0.25) is 0 Å². The lowest BCUT2D eigenvalue weighted by Crippen LogP contribution is -2.58. The first kappa shape index (κ1) is 13.9. The molecule has 0 amide bonds. The van der Waals surface area contributed by atoms with Crippen LogP contribution in [0.25, 0.3) is 0 Å². The van der Waals surface area contributed by atoms with Crippen molar-refractivity contribution in [2.75, 3.05) is 19.8 Å². The third-order valence-corrected chi connectivity index (χ3v) is 3.49. The van der Waals surface area contributed by atoms with Gasteiger partial charge in [-0.2, -0.15) is 0 Å². The predicted molar refractivity (Wildman–Crippen MR) is 71.2 cm³/mol. The Hall–Kier alpha value is -1.17. The fourth-order valence-electron chi connectivity index (χ4n) is 1.68. The molecule has 1 aromatic rings. The fourth-order valence-corrected chi connectivity index (χ4v) is 1.68. The molecule has 5 nitrogen and oxygen atoms in total. The predicted octanol–water partition coefficient (Wildman–Crippen LogP) is 0.378. The molecule has 5 N–H and O–H groups in total. The molecule has 0 fully saturated rings. The highest BCUT2D eigenvalue weighted by Crippen LogP contribution is 2.19. The number of nitrogen functional groups attached to an aromatic ring is 1. The van der Waals surface area contributed by atoms with Gasteiger partial charge in [0.25, 0.3) is 0 Å². The van der Waals surface area contributed by atoms with Crippen molar-refractivity contribution in [2.24, 2.45) is 5.84 Å². The van der Waals surface area contributed by atoms with Gasteiger partial charge in [0.05, 0.1) is 0 Å². The minimum absolute atomic E-state index is 0.0488. The summed E-state index contributed by atoms with van der Waals surface area (Å²) in [5.41, 5.74) is 9.65. The van der Waals surface area contributed by atoms with Gasteiger partial charge in [0.15, 0.2) is 0 Å². The van der Waals surface area contributed by atoms with Crippen molar-refractivity contribution < 1.29 is 0 Å². The zero-order valence-electron chi connectivity index (χ0n) is 11.1. The Bertz CT molecular complexity index is 362. The Morgan fingerprint density at radius 1 is 1.47 bits per heavy atom. The molecule has 0 radical (unpaired) electrons. The Kier molecular flexibility index (Phi) is 4.45. The van der Waals surface area contributed by atoms with Crippen LogP contribution in [-0.2, 0) is 6.42 Å². The summed E-state index contributed by atoms with van der Waals surface area (Å²) in [6.45, 7) is 4.31. The van der Waals surface area contributed by atoms with Crippen molar-refractivity contribution in [3.8, 4) is 0 Å². The zero-order chi connectivity index (χ0) is 13.1. The first-order valence-electron chi connectivity index (χ1n) is 5.72. The number of hydrogen-bond donors (Lipinski definition) is 3. The maximum atomic E-state index is 5.67. The highest BCUT2D eigenvalue weighted by Gasteiger charge is 2.30. The highest BCUT2D eigenvalue weighted by atomic mass is 15.3. The Morgan fingerprint density at radius 2 is 2.12 bits per heavy atom. The molecule has 1 unspecified atom stereocenters. The zero-order valence-corrected chi connectivity index (χ0v) is 11.1. The number of anilines is 1. The van der Waals surface area contributed by atoms with Gasteiger partial charge in [-0.15, -0.1) is 0 Å². The molecule has 96 valence electrons. The number of nitrogens with zero attached hydrogens (tertiary/aromatic N) is 2. The van der Waals surface area contributed by atoms with E-state index in [2.05, 4.69) is 29.2 Å². The molecular weight excluding hydrogens is 214 g/mol. The van der Waals surface area contributed by atoms with Crippen LogP contribution in [0.3, 0.4) is 0 Å². The van der Waals surface area contributed by atoms with Crippen LogP contribution >= 0.6 is 0 Å². The van der Waals surface area contributed by atoms with Gasteiger partial charge in [-0.3, -0.25) is 11.3 Å². The maximum Gasteiger partial charge on any atom is 0.123 e. The van der Waals surface area contributed by atoms with Gasteiger partial charge in [0.1, 0.15) is 5.82 Å². The van der Waals surface area contributed by atoms with Gasteiger partial charge in [-0.25, -0.2) is 4.98 Å². The lowest BCUT2D eigenvalue weighted by Gasteiger charge is -2.40. The summed E-state index contributed by atoms with van der Waals surface area (Å²) in [4.78, 5) is 6.14. The molecule has 1 heterocycles. The molecule has 0 aromatic carbocycles. The Morgan fingerprint density at radius 3 is 2.59 bits per heavy atom. The van der Waals surface area contributed by atoms with E-state index in [4.69, 9.17) is 11.6 Å². The maximum absolute atomic E-state index is 5.67. The van der Waals surface area contributed by atoms with E-state index < -0.39 is 0 Å². The number of aromatic nitrogens is 1. The highest BCUT2D eigenvalue weighted by molar-refractivity contribution is 5.32. The number of nitrogens with two attached hydrogens (primary N) is 2. The van der Waals surface area contributed by atoms with Crippen LogP contribution in [0.5, 0.6) is 0 Å². The summed E-state index contributed by atoms with van der Waals surface area (Å²) < 4.78 is 0. The topological polar surface area (TPSA) is 80.2 Å². The van der Waals surface area contributed by atoms with Crippen LogP contribution < -0.4 is 17.0 Å². The number of hydrazine groups is 1. The molecule has 0 aliphatic carbocycles. The smallest absolute Gasteiger partial charge is 0.123 e. The lowest BCUT2D eigenvalue weighted by molar-refractivity contribution is 0.137. The number of rotatable bonds is 5. The summed E-state index contributed by atoms with van der Waals surface area (Å²) in [5, 5.41) is 0. The van der Waals surface area contributed by atoms with E-state index in [0.717, 1.165) is 12.0 Å². The van der Waals surface area contributed by atoms with Crippen molar-refractivity contribution >= 4 is 5.82 Å². The van der Waals surface area contributed by atoms with Crippen LogP contribution in [0.1, 0.15) is 19.4 Å². The standard InChI is InChI=1S/C12H23N5/c1-12(2,17(3)4)10(16-14)7-9-5-6-15-11(13)8-9/h5-6,8,10,16H,7,14H2,1-4H3,(H2,13,15). The summed E-state index contributed by atoms with van der Waals surface area (Å²) in [7, 11) is 4.09. The van der Waals surface area contributed by atoms with Crippen LogP contribution in [0.2, 0.25) is 0 Å². The number of nitrogens with one attached hydrogen (secondary N) is 1. The summed E-state index contributed by atoms with van der Waals surface area (Å²) >= 11 is 0. The normalized spacial score (nSPS) is 14.0. The van der Waals surface area contributed by atoms with Crippen molar-refractivity contribution in [1.29, 1.82) is 0 Å². The molecule has 0 bridgehead atoms. The minimum Gasteiger partial charge on any atom is -0.384 e. The largest absolute Gasteiger partial charge is 0.384 e. The van der Waals surface area contributed by atoms with Crippen LogP contribution in [0.15, 0.2) is 18.3 Å². The van der Waals surface area contributed by atoms with Crippen molar-refractivity contribution in [1.82, 2.24) is 15.3 Å². The van der Waals surface area contributed by atoms with Gasteiger partial charge in [0, 0.05) is 17.8 Å². The molecule has 0 saturated carbocycles. The molecular formula is C12H23N5. The van der Waals surface area contributed by atoms with Crippen molar-refractivity contribution in [3.05, 3.63) is 23.9 Å². The average molecular weight is 237 g/mol. The van der Waals surface area contributed by atoms with Gasteiger partial charge < -0.3 is 10.6 Å². The van der Waals surface area contributed by atoms with E-state index in [1.165, 1.54) is 0 Å². The molecule has 0 spiro atoms. The quantitative estimate of drug-likeness (QED) is 0.509. The fraction of sp³-hybridized carbons (Fsp3) is 0.583. The minimum atomic E-state index is -0.0488. The Labute approximate surface area is 103 Å². The van der Waals surface area contributed by atoms with Crippen LogP contribution in [0.4, 0.5) is 5.82 Å². The molecule has 1 rings (SSSR count). The summed E-state index contributed by atoms with van der Waals surface area (Å²) in [5.74, 6) is 6.20. The second-order valence-corrected chi connectivity index (χ2v) is 5.06. The van der Waals surface area contributed by atoms with E-state index in [1.54, 1.807) is 6.20 Å². The average Bonchev–Trinajstić information content (AvgIpc) is 2.25. The summed E-state index contributed by atoms with van der Waals surface area (Å²) in [6.07, 6.45) is 2.54.